The van der Waals surface area contributed by atoms with Crippen molar-refractivity contribution in [1.82, 2.24) is 24.8 Å². The molecule has 31 heavy (non-hydrogen) atoms. The zero-order chi connectivity index (χ0) is 21.4. The number of pyridine rings is 2. The van der Waals surface area contributed by atoms with E-state index in [1.54, 1.807) is 42.9 Å². The molecule has 1 saturated heterocycles. The first kappa shape index (κ1) is 20.2. The van der Waals surface area contributed by atoms with E-state index in [9.17, 15) is 4.79 Å². The minimum absolute atomic E-state index is 0.0950. The van der Waals surface area contributed by atoms with Crippen LogP contribution in [-0.4, -0.2) is 49.9 Å². The van der Waals surface area contributed by atoms with Crippen molar-refractivity contribution >= 4 is 29.1 Å². The van der Waals surface area contributed by atoms with Crippen LogP contribution in [0.2, 0.25) is 10.2 Å². The molecule has 3 unspecified atom stereocenters. The lowest BCUT2D eigenvalue weighted by Gasteiger charge is -2.35. The molecule has 0 aromatic carbocycles. The van der Waals surface area contributed by atoms with Gasteiger partial charge >= 0.3 is 0 Å². The van der Waals surface area contributed by atoms with Crippen LogP contribution in [-0.2, 0) is 0 Å². The fraction of sp³-hybridized carbons (Fsp3) is 0.318. The number of ether oxygens (including phenoxy) is 1. The van der Waals surface area contributed by atoms with E-state index in [1.165, 1.54) is 0 Å². The molecule has 5 rings (SSSR count). The highest BCUT2D eigenvalue weighted by atomic mass is 35.5. The molecule has 3 aromatic heterocycles. The highest BCUT2D eigenvalue weighted by Gasteiger charge is 2.47. The van der Waals surface area contributed by atoms with Gasteiger partial charge < -0.3 is 9.64 Å². The highest BCUT2D eigenvalue weighted by molar-refractivity contribution is 6.34. The van der Waals surface area contributed by atoms with Crippen molar-refractivity contribution in [2.24, 2.45) is 11.8 Å². The zero-order valence-corrected chi connectivity index (χ0v) is 18.0. The summed E-state index contributed by atoms with van der Waals surface area (Å²) in [5.41, 5.74) is 0.968. The van der Waals surface area contributed by atoms with Crippen LogP contribution >= 0.6 is 23.2 Å². The maximum Gasteiger partial charge on any atom is 0.273 e. The van der Waals surface area contributed by atoms with Gasteiger partial charge in [0.2, 0.25) is 5.88 Å². The van der Waals surface area contributed by atoms with Crippen molar-refractivity contribution in [2.75, 3.05) is 13.2 Å². The van der Waals surface area contributed by atoms with E-state index in [-0.39, 0.29) is 17.1 Å². The summed E-state index contributed by atoms with van der Waals surface area (Å²) in [6.07, 6.45) is 6.94. The number of aromatic nitrogens is 4. The summed E-state index contributed by atoms with van der Waals surface area (Å²) in [4.78, 5) is 32.6. The number of amides is 1. The van der Waals surface area contributed by atoms with E-state index in [1.807, 2.05) is 11.0 Å². The van der Waals surface area contributed by atoms with Gasteiger partial charge in [-0.05, 0) is 48.9 Å². The molecule has 3 aromatic rings. The van der Waals surface area contributed by atoms with E-state index in [2.05, 4.69) is 19.9 Å². The van der Waals surface area contributed by atoms with Crippen LogP contribution < -0.4 is 4.74 Å². The van der Waals surface area contributed by atoms with Gasteiger partial charge in [0.1, 0.15) is 17.5 Å². The Labute approximate surface area is 189 Å². The molecule has 1 aliphatic carbocycles. The van der Waals surface area contributed by atoms with Crippen molar-refractivity contribution < 1.29 is 9.53 Å². The third-order valence-electron chi connectivity index (χ3n) is 5.75. The largest absolute Gasteiger partial charge is 0.475 e. The van der Waals surface area contributed by atoms with Crippen LogP contribution in [0.1, 0.15) is 23.3 Å². The number of piperidine rings is 1. The summed E-state index contributed by atoms with van der Waals surface area (Å²) < 4.78 is 5.89. The van der Waals surface area contributed by atoms with Gasteiger partial charge in [0.25, 0.3) is 5.91 Å². The lowest BCUT2D eigenvalue weighted by molar-refractivity contribution is 0.0503. The summed E-state index contributed by atoms with van der Waals surface area (Å²) >= 11 is 12.0. The Morgan fingerprint density at radius 2 is 1.87 bits per heavy atom. The van der Waals surface area contributed by atoms with E-state index in [4.69, 9.17) is 27.9 Å². The molecular weight excluding hydrogens is 437 g/mol. The van der Waals surface area contributed by atoms with E-state index in [0.717, 1.165) is 12.8 Å². The second kappa shape index (κ2) is 8.40. The van der Waals surface area contributed by atoms with Gasteiger partial charge in [0.05, 0.1) is 11.6 Å². The lowest BCUT2D eigenvalue weighted by Crippen LogP contribution is -2.48. The molecule has 4 heterocycles. The molecule has 3 atom stereocenters. The smallest absolute Gasteiger partial charge is 0.273 e. The van der Waals surface area contributed by atoms with Crippen molar-refractivity contribution in [1.29, 1.82) is 0 Å². The van der Waals surface area contributed by atoms with E-state index in [0.29, 0.717) is 53.0 Å². The molecule has 158 valence electrons. The molecule has 2 fully saturated rings. The monoisotopic (exact) mass is 455 g/mol. The van der Waals surface area contributed by atoms with Crippen LogP contribution in [0.5, 0.6) is 5.88 Å². The van der Waals surface area contributed by atoms with Gasteiger partial charge in [-0.1, -0.05) is 23.2 Å². The molecule has 1 saturated carbocycles. The third-order valence-corrected chi connectivity index (χ3v) is 6.16. The van der Waals surface area contributed by atoms with Crippen LogP contribution in [0.3, 0.4) is 0 Å². The SMILES string of the molecule is O=C(c1ncccc1-c1ncccn1)N1CC2CC2CC1COc1cc(Cl)cc(Cl)n1. The first-order valence-electron chi connectivity index (χ1n) is 10.1. The van der Waals surface area contributed by atoms with Crippen molar-refractivity contribution in [3.05, 3.63) is 64.8 Å². The number of fused-ring (bicyclic) bond motifs is 1. The van der Waals surface area contributed by atoms with Gasteiger partial charge in [-0.3, -0.25) is 9.78 Å². The molecule has 1 amide bonds. The Kier molecular flexibility index (Phi) is 5.46. The zero-order valence-electron chi connectivity index (χ0n) is 16.5. The quantitative estimate of drug-likeness (QED) is 0.536. The molecule has 0 radical (unpaired) electrons. The number of likely N-dealkylation sites (tertiary alicyclic amines) is 1. The molecule has 1 aliphatic heterocycles. The number of hydrogen-bond donors (Lipinski definition) is 0. The van der Waals surface area contributed by atoms with Crippen LogP contribution in [0.4, 0.5) is 0 Å². The average molecular weight is 456 g/mol. The Morgan fingerprint density at radius 1 is 1.06 bits per heavy atom. The van der Waals surface area contributed by atoms with Crippen molar-refractivity contribution in [3.63, 3.8) is 0 Å². The summed E-state index contributed by atoms with van der Waals surface area (Å²) in [7, 11) is 0. The minimum Gasteiger partial charge on any atom is -0.475 e. The lowest BCUT2D eigenvalue weighted by atomic mass is 10.0. The number of nitrogens with zero attached hydrogens (tertiary/aromatic N) is 5. The van der Waals surface area contributed by atoms with Gasteiger partial charge in [0.15, 0.2) is 5.82 Å². The molecule has 2 aliphatic rings. The summed E-state index contributed by atoms with van der Waals surface area (Å²) in [6, 6.07) is 8.42. The standard InChI is InChI=1S/C22H19Cl2N5O2/c23-15-9-18(24)28-19(10-15)31-12-16-8-13-7-14(13)11-29(16)22(30)20-17(3-1-4-25-20)21-26-5-2-6-27-21/h1-6,9-10,13-14,16H,7-8,11-12H2. The molecule has 9 heteroatoms. The molecule has 7 nitrogen and oxygen atoms in total. The van der Waals surface area contributed by atoms with Gasteiger partial charge in [0, 0.05) is 36.2 Å². The van der Waals surface area contributed by atoms with Crippen molar-refractivity contribution in [2.45, 2.75) is 18.9 Å². The molecular formula is C22H19Cl2N5O2. The molecule has 0 N–H and O–H groups in total. The normalized spacial score (nSPS) is 22.0. The number of hydrogen-bond acceptors (Lipinski definition) is 6. The first-order chi connectivity index (χ1) is 15.1. The van der Waals surface area contributed by atoms with E-state index < -0.39 is 0 Å². The predicted molar refractivity (Wildman–Crippen MR) is 116 cm³/mol. The number of carbonyl (C=O) groups is 1. The number of rotatable bonds is 5. The van der Waals surface area contributed by atoms with Gasteiger partial charge in [-0.2, -0.15) is 0 Å². The first-order valence-corrected chi connectivity index (χ1v) is 10.8. The van der Waals surface area contributed by atoms with E-state index >= 15 is 0 Å². The topological polar surface area (TPSA) is 81.1 Å². The minimum atomic E-state index is -0.140. The van der Waals surface area contributed by atoms with Crippen LogP contribution in [0, 0.1) is 11.8 Å². The fourth-order valence-electron chi connectivity index (χ4n) is 4.14. The Balaban J connectivity index is 1.39. The molecule has 0 spiro atoms. The Bertz CT molecular complexity index is 1090. The highest BCUT2D eigenvalue weighted by Crippen LogP contribution is 2.47. The predicted octanol–water partition coefficient (Wildman–Crippen LogP) is 4.17. The Hall–Kier alpha value is -2.77. The number of halogens is 2. The average Bonchev–Trinajstić information content (AvgIpc) is 3.55. The van der Waals surface area contributed by atoms with Crippen LogP contribution in [0.25, 0.3) is 11.4 Å². The van der Waals surface area contributed by atoms with Gasteiger partial charge in [-0.15, -0.1) is 0 Å². The fourth-order valence-corrected chi connectivity index (χ4v) is 4.59. The number of carbonyl (C=O) groups excluding carboxylic acids is 1. The maximum absolute atomic E-state index is 13.6. The van der Waals surface area contributed by atoms with Gasteiger partial charge in [-0.25, -0.2) is 15.0 Å². The molecule has 0 bridgehead atoms. The third kappa shape index (κ3) is 4.34. The maximum atomic E-state index is 13.6. The summed E-state index contributed by atoms with van der Waals surface area (Å²) in [6.45, 7) is 0.996. The Morgan fingerprint density at radius 3 is 2.68 bits per heavy atom. The van der Waals surface area contributed by atoms with Crippen molar-refractivity contribution in [3.8, 4) is 17.3 Å². The second-order valence-electron chi connectivity index (χ2n) is 7.83. The van der Waals surface area contributed by atoms with Crippen LogP contribution in [0.15, 0.2) is 48.9 Å². The summed E-state index contributed by atoms with van der Waals surface area (Å²) in [5.74, 6) is 1.86. The summed E-state index contributed by atoms with van der Waals surface area (Å²) in [5, 5.41) is 0.720. The second-order valence-corrected chi connectivity index (χ2v) is 8.66.